The molecule has 0 aliphatic carbocycles. The van der Waals surface area contributed by atoms with Crippen LogP contribution in [0.4, 0.5) is 19.0 Å². The van der Waals surface area contributed by atoms with Crippen LogP contribution in [0.15, 0.2) is 35.3 Å². The van der Waals surface area contributed by atoms with Crippen molar-refractivity contribution in [3.05, 3.63) is 41.0 Å². The largest absolute Gasteiger partial charge is 0.490 e. The van der Waals surface area contributed by atoms with Gasteiger partial charge in [-0.2, -0.15) is 13.2 Å². The van der Waals surface area contributed by atoms with E-state index in [1.54, 1.807) is 11.7 Å². The predicted octanol–water partition coefficient (Wildman–Crippen LogP) is 2.90. The van der Waals surface area contributed by atoms with E-state index in [1.807, 2.05) is 28.5 Å². The monoisotopic (exact) mass is 458 g/mol. The lowest BCUT2D eigenvalue weighted by molar-refractivity contribution is -0.192. The first-order valence-electron chi connectivity index (χ1n) is 9.52. The minimum Gasteiger partial charge on any atom is -0.475 e. The Kier molecular flexibility index (Phi) is 7.44. The summed E-state index contributed by atoms with van der Waals surface area (Å²) in [5.41, 5.74) is 2.24. The number of rotatable bonds is 3. The number of nitrogens with zero attached hydrogens (tertiary/aromatic N) is 3. The number of fused-ring (bicyclic) bond motifs is 1. The van der Waals surface area contributed by atoms with E-state index in [2.05, 4.69) is 15.3 Å². The van der Waals surface area contributed by atoms with Crippen molar-refractivity contribution in [3.63, 3.8) is 0 Å². The smallest absolute Gasteiger partial charge is 0.475 e. The summed E-state index contributed by atoms with van der Waals surface area (Å²) in [5, 5.41) is 12.4. The Labute approximate surface area is 180 Å². The van der Waals surface area contributed by atoms with Crippen molar-refractivity contribution in [1.29, 1.82) is 0 Å². The number of nitrogens with one attached hydrogen (secondary N) is 1. The van der Waals surface area contributed by atoms with E-state index < -0.39 is 12.1 Å². The number of carboxylic acids is 1. The van der Waals surface area contributed by atoms with Gasteiger partial charge < -0.3 is 20.1 Å². The van der Waals surface area contributed by atoms with Crippen LogP contribution in [0.25, 0.3) is 0 Å². The molecule has 31 heavy (non-hydrogen) atoms. The van der Waals surface area contributed by atoms with Crippen molar-refractivity contribution in [1.82, 2.24) is 14.9 Å². The third-order valence-electron chi connectivity index (χ3n) is 4.94. The Bertz CT molecular complexity index is 867. The van der Waals surface area contributed by atoms with Crippen LogP contribution in [0, 0.1) is 5.92 Å². The maximum Gasteiger partial charge on any atom is 0.490 e. The van der Waals surface area contributed by atoms with Crippen LogP contribution in [-0.2, 0) is 9.53 Å². The molecule has 0 bridgehead atoms. The number of carbonyl (C=O) groups excluding carboxylic acids is 1. The molecule has 0 radical (unpaired) electrons. The number of ether oxygens (including phenoxy) is 1. The molecule has 0 spiro atoms. The molecule has 3 atom stereocenters. The van der Waals surface area contributed by atoms with Crippen LogP contribution in [0.2, 0.25) is 0 Å². The zero-order chi connectivity index (χ0) is 22.4. The van der Waals surface area contributed by atoms with Gasteiger partial charge in [0.1, 0.15) is 11.5 Å². The third-order valence-corrected chi connectivity index (χ3v) is 5.53. The van der Waals surface area contributed by atoms with Crippen LogP contribution in [-0.4, -0.2) is 69.9 Å². The number of anilines is 1. The number of hydrogen-bond acceptors (Lipinski definition) is 7. The summed E-state index contributed by atoms with van der Waals surface area (Å²) in [6, 6.07) is 5.83. The lowest BCUT2D eigenvalue weighted by atomic mass is 9.85. The number of halogens is 3. The number of pyridine rings is 1. The van der Waals surface area contributed by atoms with Gasteiger partial charge in [0, 0.05) is 37.2 Å². The molecule has 1 amide bonds. The molecule has 2 N–H and O–H groups in total. The number of amides is 1. The zero-order valence-electron chi connectivity index (χ0n) is 16.3. The van der Waals surface area contributed by atoms with Gasteiger partial charge in [0.25, 0.3) is 5.91 Å². The highest BCUT2D eigenvalue weighted by atomic mass is 32.1. The number of alkyl halides is 3. The average Bonchev–Trinajstić information content (AvgIpc) is 3.28. The van der Waals surface area contributed by atoms with Crippen LogP contribution in [0.1, 0.15) is 23.3 Å². The Morgan fingerprint density at radius 3 is 2.65 bits per heavy atom. The second kappa shape index (κ2) is 10.1. The summed E-state index contributed by atoms with van der Waals surface area (Å²) in [4.78, 5) is 32.0. The van der Waals surface area contributed by atoms with E-state index in [-0.39, 0.29) is 18.1 Å². The Morgan fingerprint density at radius 1 is 1.26 bits per heavy atom. The van der Waals surface area contributed by atoms with Crippen molar-refractivity contribution in [2.75, 3.05) is 25.0 Å². The molecule has 2 fully saturated rings. The number of aromatic nitrogens is 2. The number of carbonyl (C=O) groups is 2. The van der Waals surface area contributed by atoms with Gasteiger partial charge in [-0.3, -0.25) is 4.79 Å². The molecule has 0 aromatic carbocycles. The zero-order valence-corrected chi connectivity index (χ0v) is 17.1. The normalized spacial score (nSPS) is 23.2. The molecule has 2 aromatic heterocycles. The lowest BCUT2D eigenvalue weighted by Gasteiger charge is -2.46. The highest BCUT2D eigenvalue weighted by Gasteiger charge is 2.41. The molecule has 2 aliphatic heterocycles. The standard InChI is InChI=1S/C17H20N4O2S.C2HF3O2/c22-17(14-10-24-11-19-14)21-8-12-4-3-7-23-16(12)13(9-21)20-15-5-1-2-6-18-15;3-2(4,5)1(6)7/h1-2,5-6,10-13,16H,3-4,7-9H2,(H,18,20);(H,6,7)/t12-,13+,16-;/m0./s1. The summed E-state index contributed by atoms with van der Waals surface area (Å²) in [6.07, 6.45) is -1.05. The van der Waals surface area contributed by atoms with Gasteiger partial charge in [-0.15, -0.1) is 11.3 Å². The van der Waals surface area contributed by atoms with Gasteiger partial charge in [0.15, 0.2) is 0 Å². The number of hydrogen-bond donors (Lipinski definition) is 2. The molecule has 2 aliphatic rings. The van der Waals surface area contributed by atoms with E-state index in [0.717, 1.165) is 31.8 Å². The molecule has 2 aromatic rings. The molecule has 12 heteroatoms. The average molecular weight is 458 g/mol. The molecular formula is C19H21F3N4O4S. The number of aliphatic carboxylic acids is 1. The molecule has 0 unspecified atom stereocenters. The molecule has 8 nitrogen and oxygen atoms in total. The first-order valence-corrected chi connectivity index (χ1v) is 10.5. The van der Waals surface area contributed by atoms with E-state index in [1.165, 1.54) is 11.3 Å². The van der Waals surface area contributed by atoms with Gasteiger partial charge in [0.05, 0.1) is 17.7 Å². The number of thiazole rings is 1. The van der Waals surface area contributed by atoms with Crippen LogP contribution in [0.3, 0.4) is 0 Å². The van der Waals surface area contributed by atoms with Crippen LogP contribution >= 0.6 is 11.3 Å². The van der Waals surface area contributed by atoms with E-state index in [0.29, 0.717) is 18.2 Å². The fourth-order valence-electron chi connectivity index (χ4n) is 3.62. The fraction of sp³-hybridized carbons (Fsp3) is 0.474. The van der Waals surface area contributed by atoms with Crippen molar-refractivity contribution in [2.24, 2.45) is 5.92 Å². The van der Waals surface area contributed by atoms with Gasteiger partial charge in [-0.25, -0.2) is 14.8 Å². The molecule has 4 rings (SSSR count). The third kappa shape index (κ3) is 6.14. The number of carboxylic acid groups (broad SMARTS) is 1. The first-order chi connectivity index (χ1) is 14.8. The maximum absolute atomic E-state index is 12.7. The molecule has 2 saturated heterocycles. The Morgan fingerprint density at radius 2 is 2.03 bits per heavy atom. The summed E-state index contributed by atoms with van der Waals surface area (Å²) >= 11 is 1.45. The molecule has 4 heterocycles. The van der Waals surface area contributed by atoms with Crippen molar-refractivity contribution >= 4 is 29.0 Å². The lowest BCUT2D eigenvalue weighted by Crippen LogP contribution is -2.59. The Balaban J connectivity index is 0.000000339. The molecular weight excluding hydrogens is 437 g/mol. The Hall–Kier alpha value is -2.73. The summed E-state index contributed by atoms with van der Waals surface area (Å²) in [7, 11) is 0. The maximum atomic E-state index is 12.7. The second-order valence-electron chi connectivity index (χ2n) is 7.09. The van der Waals surface area contributed by atoms with Gasteiger partial charge >= 0.3 is 12.1 Å². The SMILES string of the molecule is O=C(O)C(F)(F)F.O=C(c1cscn1)N1C[C@@H]2CCCO[C@@H]2[C@H](Nc2ccccn2)C1. The van der Waals surface area contributed by atoms with E-state index in [4.69, 9.17) is 14.6 Å². The van der Waals surface area contributed by atoms with Gasteiger partial charge in [0.2, 0.25) is 0 Å². The van der Waals surface area contributed by atoms with Crippen LogP contribution in [0.5, 0.6) is 0 Å². The van der Waals surface area contributed by atoms with Crippen molar-refractivity contribution in [3.8, 4) is 0 Å². The number of likely N-dealkylation sites (tertiary alicyclic amines) is 1. The molecule has 168 valence electrons. The summed E-state index contributed by atoms with van der Waals surface area (Å²) in [5.74, 6) is -1.57. The minimum absolute atomic E-state index is 0.00749. The number of piperidine rings is 1. The van der Waals surface area contributed by atoms with Crippen molar-refractivity contribution < 1.29 is 32.6 Å². The topological polar surface area (TPSA) is 105 Å². The highest BCUT2D eigenvalue weighted by Crippen LogP contribution is 2.30. The highest BCUT2D eigenvalue weighted by molar-refractivity contribution is 7.07. The summed E-state index contributed by atoms with van der Waals surface area (Å²) < 4.78 is 37.8. The van der Waals surface area contributed by atoms with Gasteiger partial charge in [-0.1, -0.05) is 6.07 Å². The quantitative estimate of drug-likeness (QED) is 0.729. The van der Waals surface area contributed by atoms with E-state index in [9.17, 15) is 18.0 Å². The molecule has 0 saturated carbocycles. The second-order valence-corrected chi connectivity index (χ2v) is 7.81. The minimum atomic E-state index is -5.08. The van der Waals surface area contributed by atoms with E-state index >= 15 is 0 Å². The van der Waals surface area contributed by atoms with Crippen molar-refractivity contribution in [2.45, 2.75) is 31.2 Å². The summed E-state index contributed by atoms with van der Waals surface area (Å²) in [6.45, 7) is 2.14. The fourth-order valence-corrected chi connectivity index (χ4v) is 4.14. The van der Waals surface area contributed by atoms with Gasteiger partial charge in [-0.05, 0) is 25.0 Å². The van der Waals surface area contributed by atoms with Crippen LogP contribution < -0.4 is 5.32 Å². The predicted molar refractivity (Wildman–Crippen MR) is 106 cm³/mol. The first kappa shape index (κ1) is 22.9.